The lowest BCUT2D eigenvalue weighted by atomic mass is 10.2. The van der Waals surface area contributed by atoms with Crippen LogP contribution >= 0.6 is 34.2 Å². The maximum absolute atomic E-state index is 11.2. The quantitative estimate of drug-likeness (QED) is 0.718. The molecule has 0 amide bonds. The monoisotopic (exact) mass is 294 g/mol. The minimum Gasteiger partial charge on any atom is -0.297 e. The van der Waals surface area contributed by atoms with Crippen molar-refractivity contribution in [2.45, 2.75) is 0 Å². The highest BCUT2D eigenvalue weighted by molar-refractivity contribution is 14.1. The Hall–Kier alpha value is -0.490. The largest absolute Gasteiger partial charge is 0.297 e. The zero-order valence-corrected chi connectivity index (χ0v) is 8.73. The molecule has 0 atom stereocenters. The molecule has 12 heavy (non-hydrogen) atoms. The van der Waals surface area contributed by atoms with Crippen molar-refractivity contribution in [1.82, 2.24) is 10.2 Å². The number of H-pyrrole nitrogens is 2. The highest BCUT2D eigenvalue weighted by atomic mass is 127. The van der Waals surface area contributed by atoms with Gasteiger partial charge >= 0.3 is 0 Å². The predicted molar refractivity (Wildman–Crippen MR) is 56.6 cm³/mol. The summed E-state index contributed by atoms with van der Waals surface area (Å²) in [4.78, 5) is 11.2. The van der Waals surface area contributed by atoms with Gasteiger partial charge in [0.15, 0.2) is 0 Å². The van der Waals surface area contributed by atoms with Gasteiger partial charge in [0, 0.05) is 8.59 Å². The van der Waals surface area contributed by atoms with Gasteiger partial charge in [-0.15, -0.1) is 0 Å². The molecule has 3 nitrogen and oxygen atoms in total. The van der Waals surface area contributed by atoms with Gasteiger partial charge in [-0.2, -0.15) is 0 Å². The van der Waals surface area contributed by atoms with E-state index in [1.807, 2.05) is 0 Å². The molecule has 0 aliphatic heterocycles. The van der Waals surface area contributed by atoms with E-state index in [1.54, 1.807) is 12.1 Å². The van der Waals surface area contributed by atoms with Gasteiger partial charge in [-0.05, 0) is 34.7 Å². The molecule has 0 bridgehead atoms. The van der Waals surface area contributed by atoms with E-state index < -0.39 is 0 Å². The van der Waals surface area contributed by atoms with Crippen molar-refractivity contribution in [1.29, 1.82) is 0 Å². The van der Waals surface area contributed by atoms with Crippen molar-refractivity contribution in [3.8, 4) is 0 Å². The number of halogens is 2. The Morgan fingerprint density at radius 1 is 1.33 bits per heavy atom. The number of hydrogen-bond acceptors (Lipinski definition) is 1. The van der Waals surface area contributed by atoms with Gasteiger partial charge in [0.2, 0.25) is 0 Å². The van der Waals surface area contributed by atoms with E-state index in [1.165, 1.54) is 0 Å². The summed E-state index contributed by atoms with van der Waals surface area (Å²) < 4.78 is 0.859. The first kappa shape index (κ1) is 8.12. The fourth-order valence-corrected chi connectivity index (χ4v) is 2.36. The van der Waals surface area contributed by atoms with Crippen LogP contribution in [0.15, 0.2) is 16.9 Å². The fraction of sp³-hybridized carbons (Fsp3) is 0. The van der Waals surface area contributed by atoms with Gasteiger partial charge in [-0.3, -0.25) is 15.0 Å². The normalized spacial score (nSPS) is 10.8. The van der Waals surface area contributed by atoms with Gasteiger partial charge < -0.3 is 0 Å². The molecule has 62 valence electrons. The van der Waals surface area contributed by atoms with Crippen LogP contribution in [-0.2, 0) is 0 Å². The number of nitrogens with one attached hydrogen (secondary N) is 2. The van der Waals surface area contributed by atoms with Gasteiger partial charge in [0.1, 0.15) is 0 Å². The Kier molecular flexibility index (Phi) is 1.88. The highest BCUT2D eigenvalue weighted by Gasteiger charge is 2.05. The summed E-state index contributed by atoms with van der Waals surface area (Å²) >= 11 is 7.87. The summed E-state index contributed by atoms with van der Waals surface area (Å²) in [6, 6.07) is 3.48. The number of aromatic amines is 2. The van der Waals surface area contributed by atoms with Crippen molar-refractivity contribution < 1.29 is 0 Å². The standard InChI is InChI=1S/C7H4ClIN2O/c8-3-1-4(9)6-5(2-3)10-11-7(6)12/h1-2H,(H2,10,11,12). The average molecular weight is 294 g/mol. The van der Waals surface area contributed by atoms with Crippen LogP contribution in [0, 0.1) is 3.57 Å². The summed E-state index contributed by atoms with van der Waals surface area (Å²) in [7, 11) is 0. The van der Waals surface area contributed by atoms with Crippen LogP contribution in [0.25, 0.3) is 10.9 Å². The molecule has 0 aliphatic rings. The smallest absolute Gasteiger partial charge is 0.272 e. The third-order valence-corrected chi connectivity index (χ3v) is 2.66. The second-order valence-electron chi connectivity index (χ2n) is 2.39. The maximum Gasteiger partial charge on any atom is 0.272 e. The molecule has 0 unspecified atom stereocenters. The first-order chi connectivity index (χ1) is 5.68. The van der Waals surface area contributed by atoms with E-state index in [2.05, 4.69) is 32.8 Å². The molecule has 2 rings (SSSR count). The van der Waals surface area contributed by atoms with E-state index in [-0.39, 0.29) is 5.56 Å². The van der Waals surface area contributed by atoms with E-state index in [0.29, 0.717) is 10.4 Å². The van der Waals surface area contributed by atoms with Crippen molar-refractivity contribution in [2.75, 3.05) is 0 Å². The molecule has 0 spiro atoms. The number of aromatic nitrogens is 2. The lowest BCUT2D eigenvalue weighted by molar-refractivity contribution is 1.08. The van der Waals surface area contributed by atoms with E-state index in [4.69, 9.17) is 11.6 Å². The zero-order valence-electron chi connectivity index (χ0n) is 5.82. The Labute approximate surface area is 86.2 Å². The van der Waals surface area contributed by atoms with E-state index in [9.17, 15) is 4.79 Å². The number of benzene rings is 1. The van der Waals surface area contributed by atoms with Crippen LogP contribution in [0.1, 0.15) is 0 Å². The molecule has 0 fully saturated rings. The molecule has 1 heterocycles. The lowest BCUT2D eigenvalue weighted by Crippen LogP contribution is -1.98. The first-order valence-electron chi connectivity index (χ1n) is 3.24. The molecular formula is C7H4ClIN2O. The Morgan fingerprint density at radius 3 is 2.83 bits per heavy atom. The van der Waals surface area contributed by atoms with Gasteiger partial charge in [0.25, 0.3) is 5.56 Å². The summed E-state index contributed by atoms with van der Waals surface area (Å²) in [6.07, 6.45) is 0. The average Bonchev–Trinajstić information content (AvgIpc) is 2.31. The van der Waals surface area contributed by atoms with Crippen molar-refractivity contribution in [3.05, 3.63) is 31.1 Å². The van der Waals surface area contributed by atoms with E-state index >= 15 is 0 Å². The van der Waals surface area contributed by atoms with Crippen molar-refractivity contribution in [3.63, 3.8) is 0 Å². The van der Waals surface area contributed by atoms with Crippen molar-refractivity contribution in [2.24, 2.45) is 0 Å². The van der Waals surface area contributed by atoms with Crippen LogP contribution in [0.5, 0.6) is 0 Å². The summed E-state index contributed by atoms with van der Waals surface area (Å²) in [5.41, 5.74) is 0.642. The highest BCUT2D eigenvalue weighted by Crippen LogP contribution is 2.20. The molecule has 0 aliphatic carbocycles. The number of rotatable bonds is 0. The van der Waals surface area contributed by atoms with E-state index in [0.717, 1.165) is 9.09 Å². The van der Waals surface area contributed by atoms with Gasteiger partial charge in [-0.25, -0.2) is 0 Å². The second-order valence-corrected chi connectivity index (χ2v) is 3.99. The summed E-state index contributed by atoms with van der Waals surface area (Å²) in [5.74, 6) is 0. The molecule has 1 aromatic carbocycles. The molecule has 2 N–H and O–H groups in total. The Bertz CT molecular complexity index is 488. The maximum atomic E-state index is 11.2. The third-order valence-electron chi connectivity index (χ3n) is 1.59. The van der Waals surface area contributed by atoms with Crippen LogP contribution < -0.4 is 5.56 Å². The Morgan fingerprint density at radius 2 is 2.08 bits per heavy atom. The topological polar surface area (TPSA) is 48.6 Å². The van der Waals surface area contributed by atoms with Gasteiger partial charge in [-0.1, -0.05) is 11.6 Å². The Balaban J connectivity index is 3.03. The molecule has 0 saturated heterocycles. The van der Waals surface area contributed by atoms with Crippen molar-refractivity contribution >= 4 is 45.1 Å². The molecule has 0 saturated carbocycles. The predicted octanol–water partition coefficient (Wildman–Crippen LogP) is 2.11. The van der Waals surface area contributed by atoms with Crippen LogP contribution in [0.2, 0.25) is 5.02 Å². The number of fused-ring (bicyclic) bond motifs is 1. The second kappa shape index (κ2) is 2.77. The van der Waals surface area contributed by atoms with Gasteiger partial charge in [0.05, 0.1) is 10.9 Å². The van der Waals surface area contributed by atoms with Crippen LogP contribution in [0.4, 0.5) is 0 Å². The first-order valence-corrected chi connectivity index (χ1v) is 4.69. The zero-order chi connectivity index (χ0) is 8.72. The molecule has 2 aromatic rings. The SMILES string of the molecule is O=c1[nH][nH]c2cc(Cl)cc(I)c12. The molecule has 5 heteroatoms. The minimum atomic E-state index is -0.105. The van der Waals surface area contributed by atoms with Crippen LogP contribution in [0.3, 0.4) is 0 Å². The fourth-order valence-electron chi connectivity index (χ4n) is 1.09. The molecular weight excluding hydrogens is 290 g/mol. The number of hydrogen-bond donors (Lipinski definition) is 2. The summed E-state index contributed by atoms with van der Waals surface area (Å²) in [5, 5.41) is 6.54. The molecule has 0 radical (unpaired) electrons. The molecule has 1 aromatic heterocycles. The minimum absolute atomic E-state index is 0.105. The summed E-state index contributed by atoms with van der Waals surface area (Å²) in [6.45, 7) is 0. The third kappa shape index (κ3) is 1.15. The van der Waals surface area contributed by atoms with Crippen LogP contribution in [-0.4, -0.2) is 10.2 Å². The lowest BCUT2D eigenvalue weighted by Gasteiger charge is -1.92.